The Labute approximate surface area is 272 Å². The highest BCUT2D eigenvalue weighted by Crippen LogP contribution is 2.43. The standard InChI is InChI=1S/C35H31Cl2N3O4S/c36-26-10-5-22(6-11-26)33(23-7-12-27(37)13-8-23)25-9-16-31-30(21-25)34(38-40(31)28-14-15-28)24-17-19-39(20-18-24)45(43,44)32-4-2-1-3-29(32)35(41)42/h1-13,16,21,24,28,33H,14-15,17-20H2,(H,41,42). The van der Waals surface area contributed by atoms with E-state index in [9.17, 15) is 18.3 Å². The summed E-state index contributed by atoms with van der Waals surface area (Å²) in [7, 11) is -3.96. The highest BCUT2D eigenvalue weighted by atomic mass is 35.5. The van der Waals surface area contributed by atoms with Crippen molar-refractivity contribution in [3.63, 3.8) is 0 Å². The van der Waals surface area contributed by atoms with E-state index in [1.807, 2.05) is 24.3 Å². The average molecular weight is 661 g/mol. The van der Waals surface area contributed by atoms with Crippen LogP contribution in [0, 0.1) is 0 Å². The van der Waals surface area contributed by atoms with E-state index in [-0.39, 0.29) is 35.4 Å². The molecule has 0 unspecified atom stereocenters. The number of nitrogens with zero attached hydrogens (tertiary/aromatic N) is 3. The molecule has 0 spiro atoms. The molecule has 1 aromatic heterocycles. The van der Waals surface area contributed by atoms with Crippen molar-refractivity contribution in [3.8, 4) is 0 Å². The molecule has 2 aliphatic rings. The molecule has 0 bridgehead atoms. The summed E-state index contributed by atoms with van der Waals surface area (Å²) in [5.74, 6) is -1.25. The normalized spacial score (nSPS) is 16.4. The Morgan fingerprint density at radius 3 is 1.96 bits per heavy atom. The van der Waals surface area contributed by atoms with Gasteiger partial charge >= 0.3 is 5.97 Å². The predicted molar refractivity (Wildman–Crippen MR) is 176 cm³/mol. The number of halogens is 2. The average Bonchev–Trinajstić information content (AvgIpc) is 3.83. The number of aromatic nitrogens is 2. The predicted octanol–water partition coefficient (Wildman–Crippen LogP) is 8.12. The van der Waals surface area contributed by atoms with Gasteiger partial charge in [0, 0.05) is 40.4 Å². The van der Waals surface area contributed by atoms with Crippen LogP contribution in [-0.2, 0) is 10.0 Å². The minimum absolute atomic E-state index is 0.0534. The summed E-state index contributed by atoms with van der Waals surface area (Å²) in [4.78, 5) is 11.6. The SMILES string of the molecule is O=C(O)c1ccccc1S(=O)(=O)N1CCC(c2nn(C3CC3)c3ccc(C(c4ccc(Cl)cc4)c4ccc(Cl)cc4)cc23)CC1. The van der Waals surface area contributed by atoms with Crippen molar-refractivity contribution in [1.29, 1.82) is 0 Å². The fraction of sp³-hybridized carbons (Fsp3) is 0.257. The van der Waals surface area contributed by atoms with E-state index < -0.39 is 16.0 Å². The Morgan fingerprint density at radius 2 is 1.38 bits per heavy atom. The van der Waals surface area contributed by atoms with Crippen LogP contribution in [-0.4, -0.2) is 46.7 Å². The number of benzene rings is 4. The Hall–Kier alpha value is -3.69. The van der Waals surface area contributed by atoms with E-state index in [1.54, 1.807) is 6.07 Å². The number of piperidine rings is 1. The zero-order chi connectivity index (χ0) is 31.3. The molecule has 1 saturated carbocycles. The highest BCUT2D eigenvalue weighted by Gasteiger charge is 2.35. The molecule has 10 heteroatoms. The summed E-state index contributed by atoms with van der Waals surface area (Å²) < 4.78 is 30.6. The molecule has 45 heavy (non-hydrogen) atoms. The van der Waals surface area contributed by atoms with Gasteiger partial charge in [0.05, 0.1) is 27.7 Å². The summed E-state index contributed by atoms with van der Waals surface area (Å²) in [5.41, 5.74) is 5.21. The first kappa shape index (κ1) is 30.0. The number of sulfonamides is 1. The van der Waals surface area contributed by atoms with E-state index in [4.69, 9.17) is 28.3 Å². The fourth-order valence-corrected chi connectivity index (χ4v) is 8.43. The van der Waals surface area contributed by atoms with Crippen LogP contribution in [0.2, 0.25) is 10.0 Å². The van der Waals surface area contributed by atoms with Crippen LogP contribution in [0.1, 0.15) is 76.3 Å². The summed E-state index contributed by atoms with van der Waals surface area (Å²) in [6.07, 6.45) is 3.37. The second kappa shape index (κ2) is 11.9. The lowest BCUT2D eigenvalue weighted by atomic mass is 9.84. The summed E-state index contributed by atoms with van der Waals surface area (Å²) in [6, 6.07) is 28.6. The molecule has 1 aliphatic heterocycles. The number of rotatable bonds is 8. The smallest absolute Gasteiger partial charge is 0.337 e. The van der Waals surface area contributed by atoms with Crippen LogP contribution < -0.4 is 0 Å². The maximum atomic E-state index is 13.5. The second-order valence-corrected chi connectivity index (χ2v) is 14.6. The topological polar surface area (TPSA) is 92.5 Å². The van der Waals surface area contributed by atoms with Gasteiger partial charge in [-0.05, 0) is 90.9 Å². The fourth-order valence-electron chi connectivity index (χ4n) is 6.53. The van der Waals surface area contributed by atoms with Gasteiger partial charge in [0.1, 0.15) is 0 Å². The third kappa shape index (κ3) is 5.76. The maximum absolute atomic E-state index is 13.5. The molecule has 1 aliphatic carbocycles. The lowest BCUT2D eigenvalue weighted by Gasteiger charge is -2.31. The van der Waals surface area contributed by atoms with Crippen LogP contribution in [0.3, 0.4) is 0 Å². The van der Waals surface area contributed by atoms with E-state index in [0.717, 1.165) is 46.1 Å². The molecule has 4 aromatic carbocycles. The monoisotopic (exact) mass is 659 g/mol. The van der Waals surface area contributed by atoms with Crippen LogP contribution in [0.15, 0.2) is 95.9 Å². The minimum Gasteiger partial charge on any atom is -0.478 e. The molecule has 0 atom stereocenters. The molecule has 7 nitrogen and oxygen atoms in total. The maximum Gasteiger partial charge on any atom is 0.337 e. The first-order valence-electron chi connectivity index (χ1n) is 15.1. The Morgan fingerprint density at radius 1 is 0.800 bits per heavy atom. The van der Waals surface area contributed by atoms with Crippen molar-refractivity contribution in [3.05, 3.63) is 129 Å². The lowest BCUT2D eigenvalue weighted by Crippen LogP contribution is -2.38. The molecular formula is C35H31Cl2N3O4S. The molecule has 1 N–H and O–H groups in total. The number of carboxylic acids is 1. The zero-order valence-electron chi connectivity index (χ0n) is 24.3. The van der Waals surface area contributed by atoms with E-state index in [0.29, 0.717) is 28.9 Å². The van der Waals surface area contributed by atoms with E-state index >= 15 is 0 Å². The van der Waals surface area contributed by atoms with Gasteiger partial charge in [0.25, 0.3) is 0 Å². The molecule has 230 valence electrons. The van der Waals surface area contributed by atoms with E-state index in [1.165, 1.54) is 22.5 Å². The van der Waals surface area contributed by atoms with Gasteiger partial charge in [-0.2, -0.15) is 9.40 Å². The number of carboxylic acid groups (broad SMARTS) is 1. The Bertz CT molecular complexity index is 1950. The number of hydrogen-bond donors (Lipinski definition) is 1. The largest absolute Gasteiger partial charge is 0.478 e. The number of aromatic carboxylic acids is 1. The molecule has 5 aromatic rings. The van der Waals surface area contributed by atoms with Crippen molar-refractivity contribution in [1.82, 2.24) is 14.1 Å². The van der Waals surface area contributed by atoms with Crippen LogP contribution in [0.25, 0.3) is 10.9 Å². The van der Waals surface area contributed by atoms with Gasteiger partial charge < -0.3 is 5.11 Å². The molecule has 2 fully saturated rings. The quantitative estimate of drug-likeness (QED) is 0.170. The molecule has 0 radical (unpaired) electrons. The number of carbonyl (C=O) groups is 1. The van der Waals surface area contributed by atoms with Crippen LogP contribution in [0.5, 0.6) is 0 Å². The van der Waals surface area contributed by atoms with Gasteiger partial charge in [-0.15, -0.1) is 0 Å². The van der Waals surface area contributed by atoms with Crippen LogP contribution in [0.4, 0.5) is 0 Å². The summed E-state index contributed by atoms with van der Waals surface area (Å²) >= 11 is 12.5. The first-order chi connectivity index (χ1) is 21.7. The minimum atomic E-state index is -3.96. The first-order valence-corrected chi connectivity index (χ1v) is 17.3. The van der Waals surface area contributed by atoms with Crippen molar-refractivity contribution in [2.24, 2.45) is 0 Å². The molecular weight excluding hydrogens is 629 g/mol. The number of fused-ring (bicyclic) bond motifs is 1. The Kier molecular flexibility index (Phi) is 7.94. The third-order valence-corrected chi connectivity index (χ3v) is 11.4. The molecule has 1 saturated heterocycles. The van der Waals surface area contributed by atoms with Crippen LogP contribution >= 0.6 is 23.2 Å². The number of hydrogen-bond acceptors (Lipinski definition) is 4. The summed E-state index contributed by atoms with van der Waals surface area (Å²) in [5, 5.41) is 17.2. The molecule has 0 amide bonds. The lowest BCUT2D eigenvalue weighted by molar-refractivity contribution is 0.0692. The highest BCUT2D eigenvalue weighted by molar-refractivity contribution is 7.89. The van der Waals surface area contributed by atoms with Crippen molar-refractivity contribution in [2.75, 3.05) is 13.1 Å². The van der Waals surface area contributed by atoms with Gasteiger partial charge in [0.2, 0.25) is 10.0 Å². The Balaban J connectivity index is 1.24. The van der Waals surface area contributed by atoms with Gasteiger partial charge in [-0.3, -0.25) is 4.68 Å². The zero-order valence-corrected chi connectivity index (χ0v) is 26.6. The molecule has 2 heterocycles. The van der Waals surface area contributed by atoms with Crippen molar-refractivity contribution in [2.45, 2.75) is 48.5 Å². The summed E-state index contributed by atoms with van der Waals surface area (Å²) in [6.45, 7) is 0.577. The molecule has 7 rings (SSSR count). The van der Waals surface area contributed by atoms with Gasteiger partial charge in [0.15, 0.2) is 0 Å². The second-order valence-electron chi connectivity index (χ2n) is 11.9. The van der Waals surface area contributed by atoms with E-state index in [2.05, 4.69) is 47.1 Å². The van der Waals surface area contributed by atoms with Crippen molar-refractivity contribution < 1.29 is 18.3 Å². The van der Waals surface area contributed by atoms with Gasteiger partial charge in [-0.1, -0.05) is 65.7 Å². The van der Waals surface area contributed by atoms with Crippen molar-refractivity contribution >= 4 is 50.1 Å². The van der Waals surface area contributed by atoms with Gasteiger partial charge in [-0.25, -0.2) is 13.2 Å². The third-order valence-electron chi connectivity index (χ3n) is 8.97.